The van der Waals surface area contributed by atoms with Crippen LogP contribution in [-0.4, -0.2) is 64.5 Å². The molecule has 10 heteroatoms. The third kappa shape index (κ3) is 8.00. The van der Waals surface area contributed by atoms with Crippen LogP contribution in [0.4, 0.5) is 5.69 Å². The number of nitrogens with zero attached hydrogens (tertiary/aromatic N) is 2. The zero-order valence-corrected chi connectivity index (χ0v) is 25.1. The Bertz CT molecular complexity index is 1400. The lowest BCUT2D eigenvalue weighted by Gasteiger charge is -2.32. The molecule has 0 radical (unpaired) electrons. The van der Waals surface area contributed by atoms with Gasteiger partial charge < -0.3 is 19.7 Å². The van der Waals surface area contributed by atoms with Crippen molar-refractivity contribution in [3.63, 3.8) is 0 Å². The number of carbonyl (C=O) groups is 2. The lowest BCUT2D eigenvalue weighted by atomic mass is 10.1. The molecule has 0 spiro atoms. The van der Waals surface area contributed by atoms with Crippen molar-refractivity contribution in [1.29, 1.82) is 0 Å². The Morgan fingerprint density at radius 3 is 2.12 bits per heavy atom. The summed E-state index contributed by atoms with van der Waals surface area (Å²) in [6.07, 6.45) is 1.23. The van der Waals surface area contributed by atoms with Crippen LogP contribution in [0, 0.1) is 0 Å². The summed E-state index contributed by atoms with van der Waals surface area (Å²) in [4.78, 5) is 28.6. The summed E-state index contributed by atoms with van der Waals surface area (Å²) >= 11 is 0. The molecule has 220 valence electrons. The molecule has 0 saturated carbocycles. The number of nitrogens with one attached hydrogen (secondary N) is 1. The Balaban J connectivity index is 2.01. The lowest BCUT2D eigenvalue weighted by Crippen LogP contribution is -2.53. The van der Waals surface area contributed by atoms with Crippen molar-refractivity contribution in [1.82, 2.24) is 10.2 Å². The van der Waals surface area contributed by atoms with Crippen molar-refractivity contribution in [3.05, 3.63) is 84.4 Å². The predicted octanol–water partition coefficient (Wildman–Crippen LogP) is 4.27. The van der Waals surface area contributed by atoms with E-state index in [2.05, 4.69) is 5.32 Å². The van der Waals surface area contributed by atoms with Crippen LogP contribution in [0.15, 0.2) is 83.8 Å². The molecule has 2 amide bonds. The van der Waals surface area contributed by atoms with Gasteiger partial charge in [-0.15, -0.1) is 0 Å². The van der Waals surface area contributed by atoms with Crippen molar-refractivity contribution in [3.8, 4) is 11.5 Å². The number of rotatable bonds is 14. The average molecular weight is 582 g/mol. The third-order valence-electron chi connectivity index (χ3n) is 6.93. The van der Waals surface area contributed by atoms with E-state index in [4.69, 9.17) is 9.47 Å². The smallest absolute Gasteiger partial charge is 0.264 e. The van der Waals surface area contributed by atoms with Crippen LogP contribution in [0.5, 0.6) is 11.5 Å². The van der Waals surface area contributed by atoms with Crippen molar-refractivity contribution in [2.75, 3.05) is 31.6 Å². The van der Waals surface area contributed by atoms with E-state index in [0.29, 0.717) is 12.2 Å². The maximum absolute atomic E-state index is 14.0. The van der Waals surface area contributed by atoms with Crippen LogP contribution in [0.3, 0.4) is 0 Å². The Hall–Kier alpha value is -4.05. The molecular formula is C31H39N3O6S. The minimum atomic E-state index is -4.23. The number of hydrogen-bond donors (Lipinski definition) is 1. The SMILES string of the molecule is CC[C@@H](C)NC(=O)[C@@H](C)N(CCc1ccccc1)C(=O)CN(c1ccccc1OC)S(=O)(=O)c1ccc(OC)cc1. The maximum Gasteiger partial charge on any atom is 0.264 e. The zero-order valence-electron chi connectivity index (χ0n) is 24.2. The van der Waals surface area contributed by atoms with E-state index in [1.807, 2.05) is 44.2 Å². The highest BCUT2D eigenvalue weighted by molar-refractivity contribution is 7.92. The summed E-state index contributed by atoms with van der Waals surface area (Å²) in [5.74, 6) is -0.0359. The van der Waals surface area contributed by atoms with E-state index in [0.717, 1.165) is 16.3 Å². The molecule has 0 saturated heterocycles. The first-order chi connectivity index (χ1) is 19.6. The fraction of sp³-hybridized carbons (Fsp3) is 0.355. The molecule has 0 heterocycles. The van der Waals surface area contributed by atoms with Crippen molar-refractivity contribution in [2.45, 2.75) is 50.6 Å². The van der Waals surface area contributed by atoms with Gasteiger partial charge in [-0.2, -0.15) is 0 Å². The van der Waals surface area contributed by atoms with E-state index in [1.54, 1.807) is 43.3 Å². The standard InChI is InChI=1S/C31H39N3O6S/c1-6-23(2)32-31(36)24(3)33(21-20-25-12-8-7-9-13-25)30(35)22-34(28-14-10-11-15-29(28)40-5)41(37,38)27-18-16-26(39-4)17-19-27/h7-19,23-24H,6,20-22H2,1-5H3,(H,32,36)/t23-,24-/m1/s1. The van der Waals surface area contributed by atoms with Crippen LogP contribution < -0.4 is 19.1 Å². The second-order valence-corrected chi connectivity index (χ2v) is 11.5. The van der Waals surface area contributed by atoms with E-state index in [-0.39, 0.29) is 34.8 Å². The van der Waals surface area contributed by atoms with Gasteiger partial charge in [0.1, 0.15) is 24.1 Å². The summed E-state index contributed by atoms with van der Waals surface area (Å²) in [7, 11) is -1.30. The minimum Gasteiger partial charge on any atom is -0.497 e. The molecular weight excluding hydrogens is 542 g/mol. The van der Waals surface area contributed by atoms with Crippen molar-refractivity contribution in [2.24, 2.45) is 0 Å². The van der Waals surface area contributed by atoms with Gasteiger partial charge in [-0.25, -0.2) is 8.42 Å². The highest BCUT2D eigenvalue weighted by atomic mass is 32.2. The van der Waals surface area contributed by atoms with Gasteiger partial charge in [-0.05, 0) is 68.7 Å². The average Bonchev–Trinajstić information content (AvgIpc) is 3.00. The lowest BCUT2D eigenvalue weighted by molar-refractivity contribution is -0.139. The molecule has 3 aromatic rings. The quantitative estimate of drug-likeness (QED) is 0.305. The Morgan fingerprint density at radius 1 is 0.878 bits per heavy atom. The molecule has 0 unspecified atom stereocenters. The fourth-order valence-corrected chi connectivity index (χ4v) is 5.68. The third-order valence-corrected chi connectivity index (χ3v) is 8.71. The second-order valence-electron chi connectivity index (χ2n) is 9.68. The van der Waals surface area contributed by atoms with Crippen molar-refractivity contribution >= 4 is 27.5 Å². The van der Waals surface area contributed by atoms with E-state index in [9.17, 15) is 18.0 Å². The molecule has 0 aromatic heterocycles. The zero-order chi connectivity index (χ0) is 30.0. The summed E-state index contributed by atoms with van der Waals surface area (Å²) < 4.78 is 39.7. The predicted molar refractivity (Wildman–Crippen MR) is 160 cm³/mol. The van der Waals surface area contributed by atoms with Crippen LogP contribution >= 0.6 is 0 Å². The Labute approximate surface area is 243 Å². The topological polar surface area (TPSA) is 105 Å². The van der Waals surface area contributed by atoms with Crippen LogP contribution in [0.25, 0.3) is 0 Å². The van der Waals surface area contributed by atoms with Gasteiger partial charge in [0.25, 0.3) is 10.0 Å². The minimum absolute atomic E-state index is 0.0181. The first-order valence-corrected chi connectivity index (χ1v) is 15.0. The van der Waals surface area contributed by atoms with Gasteiger partial charge in [-0.1, -0.05) is 49.4 Å². The van der Waals surface area contributed by atoms with Gasteiger partial charge in [0.2, 0.25) is 11.8 Å². The second kappa shape index (κ2) is 14.5. The van der Waals surface area contributed by atoms with Gasteiger partial charge in [0.05, 0.1) is 24.8 Å². The molecule has 0 bridgehead atoms. The monoisotopic (exact) mass is 581 g/mol. The first kappa shape index (κ1) is 31.5. The summed E-state index contributed by atoms with van der Waals surface area (Å²) in [5.41, 5.74) is 1.20. The molecule has 3 rings (SSSR count). The molecule has 9 nitrogen and oxygen atoms in total. The number of anilines is 1. The van der Waals surface area contributed by atoms with E-state index >= 15 is 0 Å². The number of carbonyl (C=O) groups excluding carboxylic acids is 2. The highest BCUT2D eigenvalue weighted by Crippen LogP contribution is 2.33. The fourth-order valence-electron chi connectivity index (χ4n) is 4.26. The molecule has 0 aliphatic heterocycles. The Morgan fingerprint density at radius 2 is 1.51 bits per heavy atom. The van der Waals surface area contributed by atoms with E-state index in [1.165, 1.54) is 31.3 Å². The van der Waals surface area contributed by atoms with Crippen LogP contribution in [0.2, 0.25) is 0 Å². The van der Waals surface area contributed by atoms with Gasteiger partial charge in [0.15, 0.2) is 0 Å². The molecule has 0 aliphatic rings. The molecule has 3 aromatic carbocycles. The molecule has 41 heavy (non-hydrogen) atoms. The summed E-state index contributed by atoms with van der Waals surface area (Å²) in [5, 5.41) is 2.94. The molecule has 0 aliphatic carbocycles. The van der Waals surface area contributed by atoms with Crippen LogP contribution in [-0.2, 0) is 26.0 Å². The number of para-hydroxylation sites is 2. The van der Waals surface area contributed by atoms with Gasteiger partial charge >= 0.3 is 0 Å². The van der Waals surface area contributed by atoms with Gasteiger partial charge in [0, 0.05) is 12.6 Å². The summed E-state index contributed by atoms with van der Waals surface area (Å²) in [6, 6.07) is 21.3. The number of ether oxygens (including phenoxy) is 2. The maximum atomic E-state index is 14.0. The number of methoxy groups -OCH3 is 2. The summed E-state index contributed by atoms with van der Waals surface area (Å²) in [6.45, 7) is 5.20. The number of hydrogen-bond acceptors (Lipinski definition) is 6. The first-order valence-electron chi connectivity index (χ1n) is 13.6. The largest absolute Gasteiger partial charge is 0.497 e. The highest BCUT2D eigenvalue weighted by Gasteiger charge is 2.33. The number of amides is 2. The van der Waals surface area contributed by atoms with E-state index < -0.39 is 28.5 Å². The molecule has 1 N–H and O–H groups in total. The number of sulfonamides is 1. The Kier molecular flexibility index (Phi) is 11.2. The van der Waals surface area contributed by atoms with Crippen LogP contribution in [0.1, 0.15) is 32.8 Å². The van der Waals surface area contributed by atoms with Crippen molar-refractivity contribution < 1.29 is 27.5 Å². The molecule has 0 fully saturated rings. The number of benzene rings is 3. The normalized spacial score (nSPS) is 12.6. The van der Waals surface area contributed by atoms with Gasteiger partial charge in [-0.3, -0.25) is 13.9 Å². The molecule has 2 atom stereocenters.